The smallest absolute Gasteiger partial charge is 0.282 e. The third kappa shape index (κ3) is 5.40. The van der Waals surface area contributed by atoms with Gasteiger partial charge in [-0.2, -0.15) is 0 Å². The number of amides is 1. The quantitative estimate of drug-likeness (QED) is 0.564. The van der Waals surface area contributed by atoms with Crippen molar-refractivity contribution >= 4 is 17.2 Å². The van der Waals surface area contributed by atoms with Crippen LogP contribution in [0.4, 0.5) is 4.39 Å². The van der Waals surface area contributed by atoms with Gasteiger partial charge in [0.25, 0.3) is 5.91 Å². The Morgan fingerprint density at radius 3 is 2.47 bits per heavy atom. The van der Waals surface area contributed by atoms with Gasteiger partial charge >= 0.3 is 0 Å². The topological polar surface area (TPSA) is 67.3 Å². The highest BCUT2D eigenvalue weighted by Crippen LogP contribution is 2.30. The van der Waals surface area contributed by atoms with Crippen molar-refractivity contribution in [3.8, 4) is 5.75 Å². The van der Waals surface area contributed by atoms with Crippen LogP contribution in [0.3, 0.4) is 0 Å². The number of hydrogen-bond donors (Lipinski definition) is 1. The number of carbonyl (C=O) groups excluding carboxylic acids is 1. The fraction of sp³-hybridized carbons (Fsp3) is 0.318. The number of carbonyl (C=O) groups is 1. The highest BCUT2D eigenvalue weighted by molar-refractivity contribution is 7.13. The van der Waals surface area contributed by atoms with Crippen LogP contribution in [0, 0.1) is 5.82 Å². The zero-order chi connectivity index (χ0) is 20.9. The van der Waals surface area contributed by atoms with Gasteiger partial charge in [-0.3, -0.25) is 9.69 Å². The van der Waals surface area contributed by atoms with Gasteiger partial charge in [0, 0.05) is 19.1 Å². The Morgan fingerprint density at radius 1 is 1.10 bits per heavy atom. The fourth-order valence-electron chi connectivity index (χ4n) is 3.16. The Morgan fingerprint density at radius 2 is 1.80 bits per heavy atom. The molecule has 4 rings (SSSR count). The van der Waals surface area contributed by atoms with Crippen molar-refractivity contribution in [2.45, 2.75) is 38.5 Å². The Hall–Kier alpha value is -2.84. The van der Waals surface area contributed by atoms with Gasteiger partial charge in [-0.1, -0.05) is 35.6 Å². The van der Waals surface area contributed by atoms with E-state index in [2.05, 4.69) is 32.5 Å². The average Bonchev–Trinajstić information content (AvgIpc) is 3.51. The van der Waals surface area contributed by atoms with Crippen LogP contribution in [-0.2, 0) is 19.6 Å². The first kappa shape index (κ1) is 20.4. The van der Waals surface area contributed by atoms with Crippen LogP contribution in [0.2, 0.25) is 0 Å². The predicted octanol–water partition coefficient (Wildman–Crippen LogP) is 3.78. The molecule has 8 heteroatoms. The summed E-state index contributed by atoms with van der Waals surface area (Å²) in [6, 6.07) is 14.7. The van der Waals surface area contributed by atoms with E-state index in [1.807, 2.05) is 12.1 Å². The lowest BCUT2D eigenvalue weighted by atomic mass is 10.2. The number of hydrogen-bond acceptors (Lipinski definition) is 6. The molecule has 1 amide bonds. The van der Waals surface area contributed by atoms with Crippen LogP contribution in [0.1, 0.15) is 38.8 Å². The van der Waals surface area contributed by atoms with E-state index >= 15 is 0 Å². The molecule has 0 saturated heterocycles. The molecule has 156 valence electrons. The third-order valence-corrected chi connectivity index (χ3v) is 5.88. The molecule has 0 aliphatic heterocycles. The highest BCUT2D eigenvalue weighted by atomic mass is 32.1. The summed E-state index contributed by atoms with van der Waals surface area (Å²) >= 11 is 1.31. The number of rotatable bonds is 9. The maximum atomic E-state index is 13.0. The lowest BCUT2D eigenvalue weighted by Gasteiger charge is -2.20. The van der Waals surface area contributed by atoms with E-state index in [0.29, 0.717) is 24.1 Å². The monoisotopic (exact) mass is 426 g/mol. The molecule has 0 spiro atoms. The second kappa shape index (κ2) is 9.32. The Balaban J connectivity index is 1.34. The van der Waals surface area contributed by atoms with Crippen LogP contribution >= 0.6 is 11.3 Å². The molecule has 30 heavy (non-hydrogen) atoms. The van der Waals surface area contributed by atoms with Crippen molar-refractivity contribution < 1.29 is 13.9 Å². The lowest BCUT2D eigenvalue weighted by molar-refractivity contribution is 0.0950. The first-order valence-electron chi connectivity index (χ1n) is 9.83. The summed E-state index contributed by atoms with van der Waals surface area (Å²) in [5.41, 5.74) is 2.04. The molecule has 0 unspecified atom stereocenters. The molecule has 0 radical (unpaired) electrons. The number of halogens is 1. The second-order valence-corrected chi connectivity index (χ2v) is 8.36. The van der Waals surface area contributed by atoms with Gasteiger partial charge in [-0.05, 0) is 48.2 Å². The van der Waals surface area contributed by atoms with Gasteiger partial charge in [0.2, 0.25) is 5.01 Å². The van der Waals surface area contributed by atoms with Crippen molar-refractivity contribution in [3.05, 3.63) is 75.5 Å². The molecule has 0 bridgehead atoms. The molecule has 1 aromatic heterocycles. The largest absolute Gasteiger partial charge is 0.497 e. The minimum Gasteiger partial charge on any atom is -0.497 e. The van der Waals surface area contributed by atoms with Crippen LogP contribution < -0.4 is 10.1 Å². The SMILES string of the molecule is COc1ccc(CN(Cc2nnc(C(=O)NCc3ccc(F)cc3)s2)C2CC2)cc1. The molecule has 1 N–H and O–H groups in total. The highest BCUT2D eigenvalue weighted by Gasteiger charge is 2.30. The van der Waals surface area contributed by atoms with Gasteiger partial charge in [-0.25, -0.2) is 4.39 Å². The van der Waals surface area contributed by atoms with E-state index < -0.39 is 0 Å². The summed E-state index contributed by atoms with van der Waals surface area (Å²) in [6.45, 7) is 1.81. The Bertz CT molecular complexity index is 987. The summed E-state index contributed by atoms with van der Waals surface area (Å²) in [4.78, 5) is 14.8. The van der Waals surface area contributed by atoms with Gasteiger partial charge in [0.1, 0.15) is 16.6 Å². The number of methoxy groups -OCH3 is 1. The summed E-state index contributed by atoms with van der Waals surface area (Å²) in [6.07, 6.45) is 2.36. The lowest BCUT2D eigenvalue weighted by Crippen LogP contribution is -2.25. The number of benzene rings is 2. The molecule has 0 atom stereocenters. The summed E-state index contributed by atoms with van der Waals surface area (Å²) < 4.78 is 18.2. The van der Waals surface area contributed by atoms with Crippen molar-refractivity contribution in [1.29, 1.82) is 0 Å². The fourth-order valence-corrected chi connectivity index (χ4v) is 3.94. The molecule has 1 saturated carbocycles. The standard InChI is InChI=1S/C22H23FN4O2S/c1-29-19-10-4-16(5-11-19)13-27(18-8-9-18)14-20-25-26-22(30-20)21(28)24-12-15-2-6-17(23)7-3-15/h2-7,10-11,18H,8-9,12-14H2,1H3,(H,24,28). The zero-order valence-electron chi connectivity index (χ0n) is 16.7. The van der Waals surface area contributed by atoms with E-state index in [1.165, 1.54) is 41.9 Å². The van der Waals surface area contributed by atoms with Crippen molar-refractivity contribution in [3.63, 3.8) is 0 Å². The molecular formula is C22H23FN4O2S. The predicted molar refractivity (Wildman–Crippen MR) is 113 cm³/mol. The van der Waals surface area contributed by atoms with Crippen molar-refractivity contribution in [2.75, 3.05) is 7.11 Å². The second-order valence-electron chi connectivity index (χ2n) is 7.29. The third-order valence-electron chi connectivity index (χ3n) is 4.97. The number of ether oxygens (including phenoxy) is 1. The Labute approximate surface area is 178 Å². The van der Waals surface area contributed by atoms with Gasteiger partial charge in [0.15, 0.2) is 0 Å². The summed E-state index contributed by atoms with van der Waals surface area (Å²) in [5, 5.41) is 12.2. The van der Waals surface area contributed by atoms with Gasteiger partial charge in [-0.15, -0.1) is 10.2 Å². The normalized spacial score (nSPS) is 13.4. The maximum Gasteiger partial charge on any atom is 0.282 e. The molecule has 1 fully saturated rings. The van der Waals surface area contributed by atoms with E-state index in [-0.39, 0.29) is 11.7 Å². The van der Waals surface area contributed by atoms with Crippen LogP contribution in [-0.4, -0.2) is 34.2 Å². The van der Waals surface area contributed by atoms with Crippen molar-refractivity contribution in [1.82, 2.24) is 20.4 Å². The molecule has 2 aromatic carbocycles. The maximum absolute atomic E-state index is 13.0. The van der Waals surface area contributed by atoms with Crippen molar-refractivity contribution in [2.24, 2.45) is 0 Å². The Kier molecular flexibility index (Phi) is 6.35. The average molecular weight is 427 g/mol. The molecule has 1 heterocycles. The molecule has 3 aromatic rings. The number of aromatic nitrogens is 2. The number of nitrogens with one attached hydrogen (secondary N) is 1. The summed E-state index contributed by atoms with van der Waals surface area (Å²) in [5.74, 6) is 0.280. The van der Waals surface area contributed by atoms with Crippen LogP contribution in [0.5, 0.6) is 5.75 Å². The molecular weight excluding hydrogens is 403 g/mol. The summed E-state index contributed by atoms with van der Waals surface area (Å²) in [7, 11) is 1.66. The van der Waals surface area contributed by atoms with E-state index in [1.54, 1.807) is 19.2 Å². The first-order chi connectivity index (χ1) is 14.6. The molecule has 6 nitrogen and oxygen atoms in total. The molecule has 1 aliphatic carbocycles. The van der Waals surface area contributed by atoms with E-state index in [4.69, 9.17) is 4.74 Å². The molecule has 1 aliphatic rings. The minimum absolute atomic E-state index is 0.267. The minimum atomic E-state index is -0.298. The number of nitrogens with zero attached hydrogens (tertiary/aromatic N) is 3. The zero-order valence-corrected chi connectivity index (χ0v) is 17.5. The van der Waals surface area contributed by atoms with Crippen LogP contribution in [0.15, 0.2) is 48.5 Å². The van der Waals surface area contributed by atoms with Gasteiger partial charge in [0.05, 0.1) is 13.7 Å². The van der Waals surface area contributed by atoms with E-state index in [0.717, 1.165) is 22.9 Å². The van der Waals surface area contributed by atoms with Crippen LogP contribution in [0.25, 0.3) is 0 Å². The van der Waals surface area contributed by atoms with E-state index in [9.17, 15) is 9.18 Å². The van der Waals surface area contributed by atoms with Gasteiger partial charge < -0.3 is 10.1 Å². The first-order valence-corrected chi connectivity index (χ1v) is 10.6.